The van der Waals surface area contributed by atoms with Gasteiger partial charge < -0.3 is 5.73 Å². The van der Waals surface area contributed by atoms with E-state index < -0.39 is 24.4 Å². The van der Waals surface area contributed by atoms with Crippen molar-refractivity contribution in [3.05, 3.63) is 34.9 Å². The van der Waals surface area contributed by atoms with Crippen LogP contribution in [0.1, 0.15) is 17.2 Å². The Bertz CT molecular complexity index is 312. The maximum Gasteiger partial charge on any atom is 0.163 e. The fourth-order valence-corrected chi connectivity index (χ4v) is 1.03. The van der Waals surface area contributed by atoms with Crippen molar-refractivity contribution < 1.29 is 13.2 Å². The fourth-order valence-electron chi connectivity index (χ4n) is 1.03. The summed E-state index contributed by atoms with van der Waals surface area (Å²) in [5.74, 6) is -2.01. The minimum absolute atomic E-state index is 0.120. The lowest BCUT2D eigenvalue weighted by atomic mass is 10.1. The second-order valence-electron chi connectivity index (χ2n) is 2.86. The summed E-state index contributed by atoms with van der Waals surface area (Å²) in [5.41, 5.74) is 5.30. The van der Waals surface area contributed by atoms with Crippen LogP contribution in [0.3, 0.4) is 0 Å². The molecule has 0 aliphatic carbocycles. The van der Waals surface area contributed by atoms with Gasteiger partial charge in [0.05, 0.1) is 6.04 Å². The molecule has 4 heteroatoms. The lowest BCUT2D eigenvalue weighted by Crippen LogP contribution is -2.15. The van der Waals surface area contributed by atoms with Gasteiger partial charge in [-0.05, 0) is 12.5 Å². The Morgan fingerprint density at radius 1 is 1.31 bits per heavy atom. The second kappa shape index (κ2) is 3.79. The summed E-state index contributed by atoms with van der Waals surface area (Å²) in [6, 6.07) is 1.59. The van der Waals surface area contributed by atoms with Crippen molar-refractivity contribution in [3.63, 3.8) is 0 Å². The molecule has 0 fully saturated rings. The summed E-state index contributed by atoms with van der Waals surface area (Å²) in [4.78, 5) is 0. The van der Waals surface area contributed by atoms with Gasteiger partial charge in [0.2, 0.25) is 0 Å². The molecule has 0 amide bonds. The predicted octanol–water partition coefficient (Wildman–Crippen LogP) is 2.24. The summed E-state index contributed by atoms with van der Waals surface area (Å²) in [7, 11) is 0. The van der Waals surface area contributed by atoms with Crippen molar-refractivity contribution in [1.29, 1.82) is 0 Å². The monoisotopic (exact) mass is 189 g/mol. The third-order valence-electron chi connectivity index (χ3n) is 1.87. The summed E-state index contributed by atoms with van der Waals surface area (Å²) in [6.07, 6.45) is 0. The van der Waals surface area contributed by atoms with E-state index in [1.54, 1.807) is 0 Å². The molecule has 0 aliphatic rings. The van der Waals surface area contributed by atoms with Crippen LogP contribution in [0, 0.1) is 18.6 Å². The third kappa shape index (κ3) is 1.83. The largest absolute Gasteiger partial charge is 0.322 e. The zero-order chi connectivity index (χ0) is 10.0. The number of hydrogen-bond donors (Lipinski definition) is 1. The Morgan fingerprint density at radius 3 is 2.46 bits per heavy atom. The van der Waals surface area contributed by atoms with E-state index in [0.29, 0.717) is 0 Å². The van der Waals surface area contributed by atoms with Crippen molar-refractivity contribution in [2.24, 2.45) is 5.73 Å². The van der Waals surface area contributed by atoms with Crippen LogP contribution in [0.25, 0.3) is 0 Å². The van der Waals surface area contributed by atoms with Gasteiger partial charge in [-0.2, -0.15) is 0 Å². The highest BCUT2D eigenvalue weighted by atomic mass is 19.2. The van der Waals surface area contributed by atoms with E-state index in [9.17, 15) is 13.2 Å². The molecule has 72 valence electrons. The average molecular weight is 189 g/mol. The first-order valence-corrected chi connectivity index (χ1v) is 3.84. The van der Waals surface area contributed by atoms with Crippen LogP contribution in [0.2, 0.25) is 0 Å². The number of halogens is 3. The number of hydrogen-bond acceptors (Lipinski definition) is 1. The first kappa shape index (κ1) is 10.1. The number of aryl methyl sites for hydroxylation is 1. The maximum absolute atomic E-state index is 13.1. The molecule has 0 saturated heterocycles. The minimum Gasteiger partial charge on any atom is -0.322 e. The summed E-state index contributed by atoms with van der Waals surface area (Å²) >= 11 is 0. The maximum atomic E-state index is 13.1. The zero-order valence-electron chi connectivity index (χ0n) is 7.15. The van der Waals surface area contributed by atoms with E-state index >= 15 is 0 Å². The standard InChI is InChI=1S/C9H10F3N/c1-5-2-3-6(7(13)4-10)9(12)8(5)11/h2-3,7H,4,13H2,1H3/t7-/m0/s1. The van der Waals surface area contributed by atoms with Gasteiger partial charge in [-0.1, -0.05) is 12.1 Å². The van der Waals surface area contributed by atoms with Gasteiger partial charge in [0.1, 0.15) is 6.67 Å². The highest BCUT2D eigenvalue weighted by Crippen LogP contribution is 2.20. The van der Waals surface area contributed by atoms with E-state index in [4.69, 9.17) is 5.73 Å². The Hall–Kier alpha value is -1.03. The molecule has 0 radical (unpaired) electrons. The van der Waals surface area contributed by atoms with Gasteiger partial charge in [-0.3, -0.25) is 0 Å². The van der Waals surface area contributed by atoms with Gasteiger partial charge in [-0.25, -0.2) is 13.2 Å². The molecule has 13 heavy (non-hydrogen) atoms. The molecule has 1 rings (SSSR count). The number of rotatable bonds is 2. The average Bonchev–Trinajstić information content (AvgIpc) is 2.13. The van der Waals surface area contributed by atoms with E-state index in [0.717, 1.165) is 0 Å². The first-order valence-electron chi connectivity index (χ1n) is 3.84. The molecule has 0 unspecified atom stereocenters. The SMILES string of the molecule is Cc1ccc([C@@H](N)CF)c(F)c1F. The summed E-state index contributed by atoms with van der Waals surface area (Å²) in [6.45, 7) is 0.530. The van der Waals surface area contributed by atoms with Crippen molar-refractivity contribution in [2.75, 3.05) is 6.67 Å². The van der Waals surface area contributed by atoms with Crippen LogP contribution in [0.15, 0.2) is 12.1 Å². The van der Waals surface area contributed by atoms with Crippen molar-refractivity contribution >= 4 is 0 Å². The molecule has 0 aliphatic heterocycles. The smallest absolute Gasteiger partial charge is 0.163 e. The van der Waals surface area contributed by atoms with Crippen molar-refractivity contribution in [2.45, 2.75) is 13.0 Å². The predicted molar refractivity (Wildman–Crippen MR) is 44.0 cm³/mol. The quantitative estimate of drug-likeness (QED) is 0.758. The van der Waals surface area contributed by atoms with Gasteiger partial charge in [-0.15, -0.1) is 0 Å². The fraction of sp³-hybridized carbons (Fsp3) is 0.333. The Kier molecular flexibility index (Phi) is 2.93. The van der Waals surface area contributed by atoms with Gasteiger partial charge in [0.15, 0.2) is 11.6 Å². The van der Waals surface area contributed by atoms with Crippen LogP contribution in [-0.4, -0.2) is 6.67 Å². The minimum atomic E-state index is -1.09. The van der Waals surface area contributed by atoms with Gasteiger partial charge in [0.25, 0.3) is 0 Å². The lowest BCUT2D eigenvalue weighted by Gasteiger charge is -2.09. The molecule has 0 spiro atoms. The first-order chi connectivity index (χ1) is 6.07. The van der Waals surface area contributed by atoms with Crippen LogP contribution in [0.4, 0.5) is 13.2 Å². The second-order valence-corrected chi connectivity index (χ2v) is 2.86. The molecule has 2 N–H and O–H groups in total. The van der Waals surface area contributed by atoms with Crippen LogP contribution in [0.5, 0.6) is 0 Å². The molecule has 1 atom stereocenters. The molecular weight excluding hydrogens is 179 g/mol. The Labute approximate surface area is 74.4 Å². The number of benzene rings is 1. The number of nitrogens with two attached hydrogens (primary N) is 1. The van der Waals surface area contributed by atoms with Crippen LogP contribution < -0.4 is 5.73 Å². The number of alkyl halides is 1. The molecule has 1 nitrogen and oxygen atoms in total. The molecule has 0 aromatic heterocycles. The summed E-state index contributed by atoms with van der Waals surface area (Å²) < 4.78 is 38.1. The van der Waals surface area contributed by atoms with Crippen LogP contribution >= 0.6 is 0 Å². The van der Waals surface area contributed by atoms with Crippen molar-refractivity contribution in [3.8, 4) is 0 Å². The van der Waals surface area contributed by atoms with Gasteiger partial charge in [0, 0.05) is 5.56 Å². The highest BCUT2D eigenvalue weighted by Gasteiger charge is 2.15. The van der Waals surface area contributed by atoms with Gasteiger partial charge >= 0.3 is 0 Å². The van der Waals surface area contributed by atoms with Crippen molar-refractivity contribution in [1.82, 2.24) is 0 Å². The third-order valence-corrected chi connectivity index (χ3v) is 1.87. The summed E-state index contributed by atoms with van der Waals surface area (Å²) in [5, 5.41) is 0. The molecule has 1 aromatic carbocycles. The lowest BCUT2D eigenvalue weighted by molar-refractivity contribution is 0.416. The topological polar surface area (TPSA) is 26.0 Å². The molecular formula is C9H10F3N. The highest BCUT2D eigenvalue weighted by molar-refractivity contribution is 5.27. The van der Waals surface area contributed by atoms with E-state index in [1.165, 1.54) is 19.1 Å². The normalized spacial score (nSPS) is 13.0. The molecule has 0 heterocycles. The van der Waals surface area contributed by atoms with E-state index in [2.05, 4.69) is 0 Å². The Morgan fingerprint density at radius 2 is 1.92 bits per heavy atom. The zero-order valence-corrected chi connectivity index (χ0v) is 7.15. The molecule has 0 saturated carbocycles. The molecule has 0 bridgehead atoms. The van der Waals surface area contributed by atoms with E-state index in [1.807, 2.05) is 0 Å². The molecule has 1 aromatic rings. The Balaban J connectivity index is 3.18. The van der Waals surface area contributed by atoms with Crippen LogP contribution in [-0.2, 0) is 0 Å². The van der Waals surface area contributed by atoms with E-state index in [-0.39, 0.29) is 11.1 Å².